The first kappa shape index (κ1) is 16.0. The average Bonchev–Trinajstić information content (AvgIpc) is 2.54. The van der Waals surface area contributed by atoms with E-state index in [-0.39, 0.29) is 23.9 Å². The Hall–Kier alpha value is -2.35. The number of nitro groups is 1. The lowest BCUT2D eigenvalue weighted by atomic mass is 10.2. The Morgan fingerprint density at radius 1 is 1.45 bits per heavy atom. The predicted octanol–water partition coefficient (Wildman–Crippen LogP) is 0.471. The maximum atomic E-state index is 12.2. The fraction of sp³-hybridized carbons (Fsp3) is 0.500. The first-order valence-corrected chi connectivity index (χ1v) is 7.05. The monoisotopic (exact) mass is 308 g/mol. The lowest BCUT2D eigenvalue weighted by Crippen LogP contribution is -2.49. The Kier molecular flexibility index (Phi) is 5.16. The fourth-order valence-electron chi connectivity index (χ4n) is 2.36. The Bertz CT molecular complexity index is 558. The SMILES string of the molecule is COc1cc(N(C)CC(=O)N2CCNCC2)ccc1[N+](=O)[O-]. The van der Waals surface area contributed by atoms with Gasteiger partial charge in [-0.3, -0.25) is 14.9 Å². The Morgan fingerprint density at radius 2 is 2.14 bits per heavy atom. The van der Waals surface area contributed by atoms with Crippen LogP contribution < -0.4 is 15.0 Å². The standard InChI is InChI=1S/C14H20N4O4/c1-16(10-14(19)17-7-5-15-6-8-17)11-3-4-12(18(20)21)13(9-11)22-2/h3-4,9,15H,5-8,10H2,1-2H3. The number of methoxy groups -OCH3 is 1. The Balaban J connectivity index is 2.07. The molecule has 0 spiro atoms. The van der Waals surface area contributed by atoms with Crippen LogP contribution >= 0.6 is 0 Å². The zero-order valence-corrected chi connectivity index (χ0v) is 12.7. The summed E-state index contributed by atoms with van der Waals surface area (Å²) in [7, 11) is 3.17. The van der Waals surface area contributed by atoms with Gasteiger partial charge in [0.05, 0.1) is 18.6 Å². The summed E-state index contributed by atoms with van der Waals surface area (Å²) in [5, 5.41) is 14.1. The van der Waals surface area contributed by atoms with Crippen molar-refractivity contribution in [3.05, 3.63) is 28.3 Å². The number of nitro benzene ring substituents is 1. The molecule has 0 unspecified atom stereocenters. The third-order valence-corrected chi connectivity index (χ3v) is 3.64. The number of likely N-dealkylation sites (N-methyl/N-ethyl adjacent to an activating group) is 1. The molecule has 0 saturated carbocycles. The van der Waals surface area contributed by atoms with E-state index < -0.39 is 4.92 Å². The van der Waals surface area contributed by atoms with Crippen LogP contribution in [-0.2, 0) is 4.79 Å². The summed E-state index contributed by atoms with van der Waals surface area (Å²) >= 11 is 0. The summed E-state index contributed by atoms with van der Waals surface area (Å²) in [6, 6.07) is 4.58. The molecular weight excluding hydrogens is 288 g/mol. The van der Waals surface area contributed by atoms with Crippen molar-refractivity contribution in [1.82, 2.24) is 10.2 Å². The molecule has 1 aromatic rings. The maximum Gasteiger partial charge on any atom is 0.311 e. The van der Waals surface area contributed by atoms with E-state index in [1.54, 1.807) is 24.1 Å². The van der Waals surface area contributed by atoms with Crippen molar-refractivity contribution in [2.75, 3.05) is 51.8 Å². The molecule has 2 rings (SSSR count). The number of amides is 1. The molecule has 1 fully saturated rings. The van der Waals surface area contributed by atoms with Crippen LogP contribution in [-0.4, -0.2) is 62.6 Å². The zero-order chi connectivity index (χ0) is 16.1. The van der Waals surface area contributed by atoms with Crippen LogP contribution in [0.2, 0.25) is 0 Å². The van der Waals surface area contributed by atoms with Crippen molar-refractivity contribution in [3.63, 3.8) is 0 Å². The normalized spacial score (nSPS) is 14.5. The van der Waals surface area contributed by atoms with Gasteiger partial charge in [-0.15, -0.1) is 0 Å². The number of hydrogen-bond donors (Lipinski definition) is 1. The molecule has 0 aliphatic carbocycles. The van der Waals surface area contributed by atoms with Gasteiger partial charge in [0, 0.05) is 51.0 Å². The number of ether oxygens (including phenoxy) is 1. The highest BCUT2D eigenvalue weighted by atomic mass is 16.6. The molecule has 0 radical (unpaired) electrons. The first-order chi connectivity index (χ1) is 10.5. The van der Waals surface area contributed by atoms with Crippen LogP contribution in [0.4, 0.5) is 11.4 Å². The molecule has 120 valence electrons. The highest BCUT2D eigenvalue weighted by Crippen LogP contribution is 2.30. The van der Waals surface area contributed by atoms with Crippen molar-refractivity contribution in [1.29, 1.82) is 0 Å². The van der Waals surface area contributed by atoms with Gasteiger partial charge in [0.1, 0.15) is 0 Å². The van der Waals surface area contributed by atoms with Gasteiger partial charge >= 0.3 is 5.69 Å². The minimum atomic E-state index is -0.492. The summed E-state index contributed by atoms with van der Waals surface area (Å²) in [4.78, 5) is 26.2. The van der Waals surface area contributed by atoms with Crippen molar-refractivity contribution in [2.45, 2.75) is 0 Å². The second kappa shape index (κ2) is 7.08. The second-order valence-electron chi connectivity index (χ2n) is 5.10. The molecule has 1 aliphatic heterocycles. The van der Waals surface area contributed by atoms with Crippen molar-refractivity contribution in [2.24, 2.45) is 0 Å². The van der Waals surface area contributed by atoms with Crippen LogP contribution in [0, 0.1) is 10.1 Å². The average molecular weight is 308 g/mol. The first-order valence-electron chi connectivity index (χ1n) is 7.05. The minimum Gasteiger partial charge on any atom is -0.490 e. The highest BCUT2D eigenvalue weighted by molar-refractivity contribution is 5.81. The lowest BCUT2D eigenvalue weighted by Gasteiger charge is -2.29. The number of carbonyl (C=O) groups excluding carboxylic acids is 1. The molecule has 22 heavy (non-hydrogen) atoms. The number of hydrogen-bond acceptors (Lipinski definition) is 6. The van der Waals surface area contributed by atoms with Gasteiger partial charge in [0.2, 0.25) is 5.91 Å². The van der Waals surface area contributed by atoms with Crippen LogP contribution in [0.5, 0.6) is 5.75 Å². The predicted molar refractivity (Wildman–Crippen MR) is 82.4 cm³/mol. The molecule has 0 bridgehead atoms. The van der Waals surface area contributed by atoms with E-state index in [0.29, 0.717) is 18.8 Å². The van der Waals surface area contributed by atoms with E-state index in [0.717, 1.165) is 13.1 Å². The fourth-order valence-corrected chi connectivity index (χ4v) is 2.36. The molecule has 1 heterocycles. The van der Waals surface area contributed by atoms with Crippen LogP contribution in [0.25, 0.3) is 0 Å². The number of nitrogens with one attached hydrogen (secondary N) is 1. The summed E-state index contributed by atoms with van der Waals surface area (Å²) in [6.45, 7) is 3.25. The maximum absolute atomic E-state index is 12.2. The number of rotatable bonds is 5. The largest absolute Gasteiger partial charge is 0.490 e. The minimum absolute atomic E-state index is 0.0429. The molecule has 0 atom stereocenters. The Labute approximate surface area is 128 Å². The van der Waals surface area contributed by atoms with Crippen molar-refractivity contribution < 1.29 is 14.5 Å². The van der Waals surface area contributed by atoms with E-state index in [1.165, 1.54) is 13.2 Å². The van der Waals surface area contributed by atoms with Crippen molar-refractivity contribution in [3.8, 4) is 5.75 Å². The third kappa shape index (κ3) is 3.64. The van der Waals surface area contributed by atoms with E-state index in [1.807, 2.05) is 4.90 Å². The van der Waals surface area contributed by atoms with E-state index in [2.05, 4.69) is 5.32 Å². The Morgan fingerprint density at radius 3 is 2.73 bits per heavy atom. The number of piperazine rings is 1. The lowest BCUT2D eigenvalue weighted by molar-refractivity contribution is -0.385. The molecule has 8 heteroatoms. The summed E-state index contributed by atoms with van der Waals surface area (Å²) in [6.07, 6.45) is 0. The summed E-state index contributed by atoms with van der Waals surface area (Å²) in [5.74, 6) is 0.227. The molecule has 1 saturated heterocycles. The quantitative estimate of drug-likeness (QED) is 0.628. The molecule has 0 aromatic heterocycles. The van der Waals surface area contributed by atoms with E-state index in [9.17, 15) is 14.9 Å². The van der Waals surface area contributed by atoms with Gasteiger partial charge in [-0.1, -0.05) is 0 Å². The summed E-state index contributed by atoms with van der Waals surface area (Å²) in [5.41, 5.74) is 0.610. The molecule has 1 amide bonds. The van der Waals surface area contributed by atoms with Gasteiger partial charge in [-0.2, -0.15) is 0 Å². The van der Waals surface area contributed by atoms with Crippen molar-refractivity contribution >= 4 is 17.3 Å². The van der Waals surface area contributed by atoms with Crippen LogP contribution in [0.1, 0.15) is 0 Å². The summed E-state index contributed by atoms with van der Waals surface area (Å²) < 4.78 is 5.05. The molecule has 1 N–H and O–H groups in total. The molecule has 1 aromatic carbocycles. The molecular formula is C14H20N4O4. The zero-order valence-electron chi connectivity index (χ0n) is 12.7. The highest BCUT2D eigenvalue weighted by Gasteiger charge is 2.20. The molecule has 1 aliphatic rings. The second-order valence-corrected chi connectivity index (χ2v) is 5.10. The number of nitrogens with zero attached hydrogens (tertiary/aromatic N) is 3. The van der Waals surface area contributed by atoms with E-state index >= 15 is 0 Å². The van der Waals surface area contributed by atoms with Gasteiger partial charge in [0.25, 0.3) is 0 Å². The smallest absolute Gasteiger partial charge is 0.311 e. The topological polar surface area (TPSA) is 88.0 Å². The third-order valence-electron chi connectivity index (χ3n) is 3.64. The number of carbonyl (C=O) groups is 1. The van der Waals surface area contributed by atoms with Crippen LogP contribution in [0.3, 0.4) is 0 Å². The number of anilines is 1. The van der Waals surface area contributed by atoms with Gasteiger partial charge in [-0.25, -0.2) is 0 Å². The van der Waals surface area contributed by atoms with Gasteiger partial charge in [0.15, 0.2) is 5.75 Å². The van der Waals surface area contributed by atoms with Gasteiger partial charge in [-0.05, 0) is 6.07 Å². The van der Waals surface area contributed by atoms with Gasteiger partial charge < -0.3 is 19.9 Å². The van der Waals surface area contributed by atoms with E-state index in [4.69, 9.17) is 4.74 Å². The van der Waals surface area contributed by atoms with Crippen LogP contribution in [0.15, 0.2) is 18.2 Å². The molecule has 8 nitrogen and oxygen atoms in total. The number of benzene rings is 1.